The van der Waals surface area contributed by atoms with E-state index in [2.05, 4.69) is 71.8 Å². The number of amides is 2. The number of nitrogens with one attached hydrogen (secondary N) is 2. The lowest BCUT2D eigenvalue weighted by atomic mass is 10.1. The van der Waals surface area contributed by atoms with Gasteiger partial charge in [-0.1, -0.05) is 66.7 Å². The summed E-state index contributed by atoms with van der Waals surface area (Å²) in [4.78, 5) is 29.9. The number of pyridine rings is 3. The summed E-state index contributed by atoms with van der Waals surface area (Å²) in [5, 5.41) is 10.3. The Kier molecular flexibility index (Phi) is 12.8. The largest absolute Gasteiger partial charge is 1.00 e. The Bertz CT molecular complexity index is 2220. The van der Waals surface area contributed by atoms with E-state index in [1.54, 1.807) is 18.5 Å². The summed E-state index contributed by atoms with van der Waals surface area (Å²) in [7, 11) is 0. The molecule has 0 saturated carbocycles. The highest BCUT2D eigenvalue weighted by molar-refractivity contribution is 5.97. The molecule has 0 saturated heterocycles. The third-order valence-electron chi connectivity index (χ3n) is 8.17. The third kappa shape index (κ3) is 9.25. The highest BCUT2D eigenvalue weighted by Crippen LogP contribution is 2.14. The first kappa shape index (κ1) is 37.3. The van der Waals surface area contributed by atoms with E-state index < -0.39 is 11.8 Å². The molecule has 9 nitrogen and oxygen atoms in total. The standard InChI is InChI=1S/C41H31N7O2.2BrH/c49-40(45-42-26-32-18-20-38-34(24-32)14-8-22-47(38)28-30-10-3-1-4-11-30)36-16-7-17-37(44-36)41(50)46-43-27-33-19-21-39-35(25-33)15-9-23-48(39)29-31-12-5-2-6-13-31;;/h1-27H,28-29H2;2*1H. The van der Waals surface area contributed by atoms with Gasteiger partial charge < -0.3 is 34.0 Å². The van der Waals surface area contributed by atoms with Crippen LogP contribution < -0.4 is 53.9 Å². The van der Waals surface area contributed by atoms with Gasteiger partial charge in [-0.15, -0.1) is 0 Å². The average Bonchev–Trinajstić information content (AvgIpc) is 3.16. The molecule has 0 radical (unpaired) electrons. The van der Waals surface area contributed by atoms with E-state index >= 15 is 0 Å². The van der Waals surface area contributed by atoms with Crippen LogP contribution in [0, 0.1) is 0 Å². The first-order valence-corrected chi connectivity index (χ1v) is 16.2. The van der Waals surface area contributed by atoms with Crippen molar-refractivity contribution < 1.29 is 52.7 Å². The zero-order valence-electron chi connectivity index (χ0n) is 27.8. The Balaban J connectivity index is 0.00000261. The molecule has 0 aliphatic heterocycles. The van der Waals surface area contributed by atoms with Crippen LogP contribution >= 0.6 is 0 Å². The lowest BCUT2D eigenvalue weighted by Gasteiger charge is -2.04. The van der Waals surface area contributed by atoms with Crippen LogP contribution in [0.2, 0.25) is 0 Å². The van der Waals surface area contributed by atoms with E-state index in [1.807, 2.05) is 97.1 Å². The fourth-order valence-corrected chi connectivity index (χ4v) is 5.73. The molecule has 3 aromatic heterocycles. The molecule has 4 aromatic carbocycles. The summed E-state index contributed by atoms with van der Waals surface area (Å²) < 4.78 is 4.39. The average molecular weight is 816 g/mol. The van der Waals surface area contributed by atoms with Crippen LogP contribution in [-0.4, -0.2) is 29.2 Å². The number of hydrazone groups is 2. The molecule has 3 heterocycles. The van der Waals surface area contributed by atoms with E-state index in [9.17, 15) is 9.59 Å². The minimum absolute atomic E-state index is 0. The normalized spacial score (nSPS) is 10.9. The maximum absolute atomic E-state index is 12.8. The second-order valence-electron chi connectivity index (χ2n) is 11.7. The van der Waals surface area contributed by atoms with Crippen LogP contribution in [0.15, 0.2) is 162 Å². The second-order valence-corrected chi connectivity index (χ2v) is 11.7. The van der Waals surface area contributed by atoms with Gasteiger partial charge in [-0.25, -0.2) is 15.8 Å². The number of halogens is 2. The Morgan fingerprint density at radius 3 is 1.42 bits per heavy atom. The van der Waals surface area contributed by atoms with E-state index in [-0.39, 0.29) is 45.4 Å². The van der Waals surface area contributed by atoms with Gasteiger partial charge in [0.1, 0.15) is 11.4 Å². The van der Waals surface area contributed by atoms with Crippen LogP contribution in [0.3, 0.4) is 0 Å². The summed E-state index contributed by atoms with van der Waals surface area (Å²) in [6.07, 6.45) is 7.27. The first-order valence-electron chi connectivity index (χ1n) is 16.2. The summed E-state index contributed by atoms with van der Waals surface area (Å²) in [6.45, 7) is 1.52. The minimum Gasteiger partial charge on any atom is -1.00 e. The molecular formula is C41H33Br2N7O2. The summed E-state index contributed by atoms with van der Waals surface area (Å²) in [5.74, 6) is -1.08. The maximum atomic E-state index is 12.8. The minimum atomic E-state index is -0.540. The van der Waals surface area contributed by atoms with Gasteiger partial charge in [0.25, 0.3) is 11.8 Å². The van der Waals surface area contributed by atoms with E-state index in [0.29, 0.717) is 0 Å². The molecule has 0 aliphatic rings. The Morgan fingerprint density at radius 1 is 0.538 bits per heavy atom. The molecule has 0 unspecified atom stereocenters. The molecule has 0 spiro atoms. The zero-order valence-corrected chi connectivity index (χ0v) is 31.0. The number of benzene rings is 4. The van der Waals surface area contributed by atoms with Crippen molar-refractivity contribution in [2.24, 2.45) is 10.2 Å². The van der Waals surface area contributed by atoms with Crippen molar-refractivity contribution in [3.63, 3.8) is 0 Å². The van der Waals surface area contributed by atoms with Crippen molar-refractivity contribution in [2.75, 3.05) is 0 Å². The van der Waals surface area contributed by atoms with Gasteiger partial charge in [0.15, 0.2) is 25.5 Å². The molecule has 0 aliphatic carbocycles. The van der Waals surface area contributed by atoms with Gasteiger partial charge in [-0.05, 0) is 59.7 Å². The summed E-state index contributed by atoms with van der Waals surface area (Å²) in [5.41, 5.74) is 11.4. The quantitative estimate of drug-likeness (QED) is 0.112. The molecule has 2 N–H and O–H groups in total. The van der Waals surface area contributed by atoms with Gasteiger partial charge >= 0.3 is 0 Å². The Labute approximate surface area is 321 Å². The number of aromatic nitrogens is 3. The van der Waals surface area contributed by atoms with Crippen molar-refractivity contribution >= 4 is 46.0 Å². The van der Waals surface area contributed by atoms with Crippen molar-refractivity contribution in [1.29, 1.82) is 0 Å². The Hall–Kier alpha value is -5.91. The second kappa shape index (κ2) is 17.8. The van der Waals surface area contributed by atoms with Gasteiger partial charge in [-0.3, -0.25) is 9.59 Å². The van der Waals surface area contributed by atoms with Gasteiger partial charge in [0.05, 0.1) is 12.4 Å². The van der Waals surface area contributed by atoms with Gasteiger partial charge in [-0.2, -0.15) is 19.3 Å². The molecule has 0 atom stereocenters. The topological polar surface area (TPSA) is 104 Å². The smallest absolute Gasteiger partial charge is 0.289 e. The molecule has 52 heavy (non-hydrogen) atoms. The fraction of sp³-hybridized carbons (Fsp3) is 0.0488. The Morgan fingerprint density at radius 2 is 0.981 bits per heavy atom. The number of carbonyl (C=O) groups excluding carboxylic acids is 2. The molecular weight excluding hydrogens is 782 g/mol. The number of hydrogen-bond donors (Lipinski definition) is 2. The molecule has 0 bridgehead atoms. The molecule has 11 heteroatoms. The van der Waals surface area contributed by atoms with Gasteiger partial charge in [0.2, 0.25) is 11.0 Å². The van der Waals surface area contributed by atoms with Crippen LogP contribution in [0.4, 0.5) is 0 Å². The number of fused-ring (bicyclic) bond motifs is 2. The fourth-order valence-electron chi connectivity index (χ4n) is 5.73. The van der Waals surface area contributed by atoms with Crippen LogP contribution in [0.1, 0.15) is 43.2 Å². The number of rotatable bonds is 10. The van der Waals surface area contributed by atoms with E-state index in [1.165, 1.54) is 23.3 Å². The molecule has 2 amide bonds. The van der Waals surface area contributed by atoms with Crippen molar-refractivity contribution in [2.45, 2.75) is 13.1 Å². The predicted octanol–water partition coefficient (Wildman–Crippen LogP) is -0.405. The van der Waals surface area contributed by atoms with Crippen LogP contribution in [0.25, 0.3) is 21.8 Å². The molecule has 258 valence electrons. The maximum Gasteiger partial charge on any atom is 0.289 e. The summed E-state index contributed by atoms with van der Waals surface area (Å²) in [6, 6.07) is 45.3. The SMILES string of the molecule is O=C(NN=Cc1ccc2c(ccc[n+]2Cc2ccccc2)c1)c1cccc(C(=O)NN=Cc2ccc3c(ccc[n+]3Cc3ccccc3)c2)n1.[Br-].[Br-]. The lowest BCUT2D eigenvalue weighted by molar-refractivity contribution is -0.662. The lowest BCUT2D eigenvalue weighted by Crippen LogP contribution is -3.00. The van der Waals surface area contributed by atoms with Crippen LogP contribution in [0.5, 0.6) is 0 Å². The summed E-state index contributed by atoms with van der Waals surface area (Å²) >= 11 is 0. The number of carbonyl (C=O) groups is 2. The predicted molar refractivity (Wildman–Crippen MR) is 194 cm³/mol. The molecule has 0 fully saturated rings. The number of hydrogen-bond acceptors (Lipinski definition) is 5. The third-order valence-corrected chi connectivity index (χ3v) is 8.17. The zero-order chi connectivity index (χ0) is 34.1. The van der Waals surface area contributed by atoms with E-state index in [0.717, 1.165) is 46.0 Å². The van der Waals surface area contributed by atoms with Crippen molar-refractivity contribution in [3.05, 3.63) is 186 Å². The van der Waals surface area contributed by atoms with Crippen molar-refractivity contribution in [1.82, 2.24) is 15.8 Å². The molecule has 7 aromatic rings. The highest BCUT2D eigenvalue weighted by atomic mass is 79.9. The first-order chi connectivity index (χ1) is 24.6. The highest BCUT2D eigenvalue weighted by Gasteiger charge is 2.13. The van der Waals surface area contributed by atoms with E-state index in [4.69, 9.17) is 0 Å². The number of nitrogens with zero attached hydrogens (tertiary/aromatic N) is 5. The van der Waals surface area contributed by atoms with Gasteiger partial charge in [0, 0.05) is 46.2 Å². The van der Waals surface area contributed by atoms with Crippen LogP contribution in [-0.2, 0) is 13.1 Å². The molecule has 7 rings (SSSR count). The monoisotopic (exact) mass is 813 g/mol. The van der Waals surface area contributed by atoms with Crippen molar-refractivity contribution in [3.8, 4) is 0 Å².